The van der Waals surface area contributed by atoms with E-state index in [2.05, 4.69) is 36.0 Å². The first kappa shape index (κ1) is 31.4. The van der Waals surface area contributed by atoms with Crippen molar-refractivity contribution in [2.75, 3.05) is 32.8 Å². The van der Waals surface area contributed by atoms with Crippen LogP contribution in [0.15, 0.2) is 55.6 Å². The number of aliphatic hydroxyl groups is 1. The second-order valence-corrected chi connectivity index (χ2v) is 12.6. The minimum absolute atomic E-state index is 0.147. The maximum Gasteiger partial charge on any atom is 0.248 e. The fraction of sp³-hybridized carbons (Fsp3) is 0.594. The predicted molar refractivity (Wildman–Crippen MR) is 162 cm³/mol. The van der Waals surface area contributed by atoms with Gasteiger partial charge >= 0.3 is 0 Å². The smallest absolute Gasteiger partial charge is 0.248 e. The normalized spacial score (nSPS) is 28.8. The summed E-state index contributed by atoms with van der Waals surface area (Å²) in [5.41, 5.74) is -0.222. The van der Waals surface area contributed by atoms with Crippen molar-refractivity contribution in [3.63, 3.8) is 0 Å². The van der Waals surface area contributed by atoms with E-state index in [0.29, 0.717) is 39.0 Å². The Kier molecular flexibility index (Phi) is 10.5. The molecule has 1 N–H and O–H groups in total. The zero-order valence-electron chi connectivity index (χ0n) is 24.3. The number of aliphatic hydroxyl groups excluding tert-OH is 1. The number of hydrogen-bond donors (Lipinski definition) is 1. The van der Waals surface area contributed by atoms with Gasteiger partial charge in [0.2, 0.25) is 17.7 Å². The number of likely N-dealkylation sites (tertiary alicyclic amines) is 1. The van der Waals surface area contributed by atoms with Gasteiger partial charge in [-0.2, -0.15) is 0 Å². The van der Waals surface area contributed by atoms with Crippen LogP contribution in [0, 0.1) is 11.8 Å². The van der Waals surface area contributed by atoms with Crippen molar-refractivity contribution in [1.29, 1.82) is 0 Å². The molecule has 2 bridgehead atoms. The van der Waals surface area contributed by atoms with Crippen molar-refractivity contribution in [2.45, 2.75) is 74.6 Å². The summed E-state index contributed by atoms with van der Waals surface area (Å²) in [6.07, 6.45) is 6.16. The minimum Gasteiger partial charge on any atom is -0.394 e. The second-order valence-electron chi connectivity index (χ2n) is 11.4. The van der Waals surface area contributed by atoms with Crippen molar-refractivity contribution in [3.8, 4) is 0 Å². The first-order chi connectivity index (χ1) is 19.8. The van der Waals surface area contributed by atoms with Crippen molar-refractivity contribution < 1.29 is 24.2 Å². The number of nitrogens with zero attached hydrogens (tertiary/aromatic N) is 3. The molecule has 3 aliphatic heterocycles. The van der Waals surface area contributed by atoms with E-state index >= 15 is 0 Å². The third kappa shape index (κ3) is 5.77. The Morgan fingerprint density at radius 3 is 2.37 bits per heavy atom. The first-order valence-electron chi connectivity index (χ1n) is 14.9. The number of unbranched alkanes of at least 4 members (excludes halogenated alkanes) is 1. The second kappa shape index (κ2) is 13.7. The van der Waals surface area contributed by atoms with Gasteiger partial charge in [0.05, 0.1) is 30.6 Å². The molecule has 3 aliphatic rings. The first-order valence-corrected chi connectivity index (χ1v) is 15.8. The van der Waals surface area contributed by atoms with Crippen LogP contribution in [0.1, 0.15) is 45.1 Å². The summed E-state index contributed by atoms with van der Waals surface area (Å²) < 4.78 is 6.71. The van der Waals surface area contributed by atoms with Crippen molar-refractivity contribution in [1.82, 2.24) is 14.7 Å². The monoisotopic (exact) mass is 629 g/mol. The van der Waals surface area contributed by atoms with Crippen molar-refractivity contribution in [2.24, 2.45) is 11.8 Å². The molecule has 3 saturated heterocycles. The summed E-state index contributed by atoms with van der Waals surface area (Å²) in [6.45, 7) is 13.2. The molecular weight excluding hydrogens is 586 g/mol. The molecule has 4 rings (SSSR count). The standard InChI is InChI=1S/C32H44BrN3O5/c1-5-9-18-35(17-8-4)31(40)28-32-20-24(33)27(41-32)25(29(38)34(15-6-2)16-7-3)26(32)30(39)36(28)23(21-37)19-22-13-11-10-12-14-22/h6,8,10-14,23-28,37H,2,4-5,7,9,15-21H2,1,3H3/t23-,24?,25-,26+,27-,28?,32?/m1/s1. The summed E-state index contributed by atoms with van der Waals surface area (Å²) in [7, 11) is 0. The van der Waals surface area contributed by atoms with Crippen LogP contribution < -0.4 is 0 Å². The molecule has 3 unspecified atom stereocenters. The molecule has 7 atom stereocenters. The van der Waals surface area contributed by atoms with Crippen LogP contribution >= 0.6 is 15.9 Å². The third-order valence-corrected chi connectivity index (χ3v) is 9.61. The van der Waals surface area contributed by atoms with Gasteiger partial charge in [0.1, 0.15) is 11.6 Å². The van der Waals surface area contributed by atoms with E-state index in [1.54, 1.807) is 26.9 Å². The maximum absolute atomic E-state index is 14.6. The Morgan fingerprint density at radius 1 is 1.12 bits per heavy atom. The van der Waals surface area contributed by atoms with Gasteiger partial charge in [-0.05, 0) is 31.2 Å². The zero-order valence-corrected chi connectivity index (χ0v) is 25.9. The van der Waals surface area contributed by atoms with Crippen LogP contribution in [0.5, 0.6) is 0 Å². The predicted octanol–water partition coefficient (Wildman–Crippen LogP) is 3.58. The van der Waals surface area contributed by atoms with Gasteiger partial charge in [0, 0.05) is 31.0 Å². The Bertz CT molecular complexity index is 1120. The third-order valence-electron chi connectivity index (χ3n) is 8.76. The molecule has 1 aromatic rings. The summed E-state index contributed by atoms with van der Waals surface area (Å²) in [6, 6.07) is 8.04. The highest BCUT2D eigenvalue weighted by Gasteiger charge is 2.77. The molecule has 41 heavy (non-hydrogen) atoms. The molecule has 3 fully saturated rings. The number of alkyl halides is 1. The fourth-order valence-electron chi connectivity index (χ4n) is 7.06. The van der Waals surface area contributed by atoms with Gasteiger partial charge in [-0.25, -0.2) is 0 Å². The average Bonchev–Trinajstić information content (AvgIpc) is 3.57. The van der Waals surface area contributed by atoms with Crippen LogP contribution in [0.3, 0.4) is 0 Å². The largest absolute Gasteiger partial charge is 0.394 e. The molecule has 3 amide bonds. The quantitative estimate of drug-likeness (QED) is 0.237. The number of benzene rings is 1. The molecule has 8 nitrogen and oxygen atoms in total. The van der Waals surface area contributed by atoms with Crippen LogP contribution in [0.4, 0.5) is 0 Å². The molecule has 3 heterocycles. The highest BCUT2D eigenvalue weighted by Crippen LogP contribution is 2.61. The average molecular weight is 631 g/mol. The number of halogens is 1. The van der Waals surface area contributed by atoms with Crippen LogP contribution in [0.2, 0.25) is 0 Å². The van der Waals surface area contributed by atoms with E-state index < -0.39 is 35.6 Å². The number of hydrogen-bond acceptors (Lipinski definition) is 5. The number of rotatable bonds is 15. The molecule has 0 radical (unpaired) electrons. The lowest BCUT2D eigenvalue weighted by molar-refractivity contribution is -0.151. The Morgan fingerprint density at radius 2 is 1.78 bits per heavy atom. The molecule has 0 aliphatic carbocycles. The molecule has 0 saturated carbocycles. The lowest BCUT2D eigenvalue weighted by Gasteiger charge is -2.39. The number of carbonyl (C=O) groups is 3. The van der Waals surface area contributed by atoms with E-state index in [1.807, 2.05) is 37.3 Å². The number of carbonyl (C=O) groups excluding carboxylic acids is 3. The SMILES string of the molecule is C=CCN(CCCC)C(=O)C1N([C@@H](CO)Cc2ccccc2)C(=O)[C@@H]2[C@@H](C(=O)N(CC=C)CCC)[C@@H]3OC12CC3Br. The van der Waals surface area contributed by atoms with Gasteiger partial charge in [-0.1, -0.05) is 78.7 Å². The van der Waals surface area contributed by atoms with E-state index in [-0.39, 0.29) is 29.2 Å². The maximum atomic E-state index is 14.6. The number of fused-ring (bicyclic) bond motifs is 1. The lowest BCUT2D eigenvalue weighted by atomic mass is 9.70. The lowest BCUT2D eigenvalue weighted by Crippen LogP contribution is -2.59. The van der Waals surface area contributed by atoms with Crippen molar-refractivity contribution >= 4 is 33.7 Å². The van der Waals surface area contributed by atoms with Crippen LogP contribution in [-0.2, 0) is 25.5 Å². The number of ether oxygens (including phenoxy) is 1. The minimum atomic E-state index is -1.17. The van der Waals surface area contributed by atoms with E-state index in [4.69, 9.17) is 4.74 Å². The molecule has 224 valence electrons. The highest BCUT2D eigenvalue weighted by molar-refractivity contribution is 9.09. The fourth-order valence-corrected chi connectivity index (χ4v) is 8.00. The zero-order chi connectivity index (χ0) is 29.7. The Hall–Kier alpha value is -2.49. The van der Waals surface area contributed by atoms with Gasteiger partial charge in [-0.3, -0.25) is 14.4 Å². The molecule has 1 aromatic carbocycles. The molecule has 9 heteroatoms. The number of amides is 3. The molecular formula is C32H44BrN3O5. The summed E-state index contributed by atoms with van der Waals surface area (Å²) in [4.78, 5) is 48.0. The Balaban J connectivity index is 1.81. The highest BCUT2D eigenvalue weighted by atomic mass is 79.9. The van der Waals surface area contributed by atoms with Gasteiger partial charge < -0.3 is 24.5 Å². The van der Waals surface area contributed by atoms with Gasteiger partial charge in [-0.15, -0.1) is 13.2 Å². The van der Waals surface area contributed by atoms with Crippen LogP contribution in [-0.4, -0.2) is 98.9 Å². The van der Waals surface area contributed by atoms with Crippen LogP contribution in [0.25, 0.3) is 0 Å². The molecule has 0 aromatic heterocycles. The summed E-state index contributed by atoms with van der Waals surface area (Å²) in [5, 5.41) is 10.7. The van der Waals surface area contributed by atoms with E-state index in [0.717, 1.165) is 24.8 Å². The van der Waals surface area contributed by atoms with E-state index in [9.17, 15) is 19.5 Å². The van der Waals surface area contributed by atoms with Gasteiger partial charge in [0.15, 0.2) is 0 Å². The Labute approximate surface area is 252 Å². The van der Waals surface area contributed by atoms with Crippen molar-refractivity contribution in [3.05, 3.63) is 61.2 Å². The summed E-state index contributed by atoms with van der Waals surface area (Å²) in [5.74, 6) is -2.19. The topological polar surface area (TPSA) is 90.4 Å². The van der Waals surface area contributed by atoms with Gasteiger partial charge in [0.25, 0.3) is 0 Å². The summed E-state index contributed by atoms with van der Waals surface area (Å²) >= 11 is 3.76. The van der Waals surface area contributed by atoms with E-state index in [1.165, 1.54) is 0 Å². The molecule has 1 spiro atoms.